The van der Waals surface area contributed by atoms with Crippen LogP contribution in [0.4, 0.5) is 0 Å². The number of esters is 1. The lowest BCUT2D eigenvalue weighted by Crippen LogP contribution is -2.52. The highest BCUT2D eigenvalue weighted by atomic mass is 16.5. The van der Waals surface area contributed by atoms with Crippen LogP contribution < -0.4 is 11.1 Å². The van der Waals surface area contributed by atoms with Crippen molar-refractivity contribution in [2.24, 2.45) is 5.73 Å². The number of carbonyl (C=O) groups is 2. The van der Waals surface area contributed by atoms with E-state index in [1.807, 2.05) is 6.07 Å². The van der Waals surface area contributed by atoms with Gasteiger partial charge in [-0.25, -0.2) is 4.79 Å². The number of nitrogens with one attached hydrogen (secondary N) is 1. The number of hydrogen-bond donors (Lipinski definition) is 2. The average molecular weight is 250 g/mol. The zero-order valence-corrected chi connectivity index (χ0v) is 10.8. The van der Waals surface area contributed by atoms with Crippen LogP contribution in [0.3, 0.4) is 0 Å². The van der Waals surface area contributed by atoms with E-state index in [1.165, 1.54) is 7.11 Å². The molecule has 1 atom stereocenters. The van der Waals surface area contributed by atoms with E-state index in [9.17, 15) is 9.59 Å². The van der Waals surface area contributed by atoms with Gasteiger partial charge in [-0.05, 0) is 19.4 Å². The molecular formula is C13H18N2O3. The van der Waals surface area contributed by atoms with Crippen molar-refractivity contribution in [1.82, 2.24) is 5.32 Å². The van der Waals surface area contributed by atoms with Crippen molar-refractivity contribution < 1.29 is 14.3 Å². The monoisotopic (exact) mass is 250 g/mol. The van der Waals surface area contributed by atoms with Crippen molar-refractivity contribution in [2.75, 3.05) is 7.11 Å². The molecular weight excluding hydrogens is 232 g/mol. The maximum absolute atomic E-state index is 11.9. The third-order valence-corrected chi connectivity index (χ3v) is 2.57. The molecule has 98 valence electrons. The molecule has 5 nitrogen and oxygen atoms in total. The van der Waals surface area contributed by atoms with Gasteiger partial charge in [0.05, 0.1) is 7.11 Å². The molecule has 1 aromatic carbocycles. The van der Waals surface area contributed by atoms with Crippen LogP contribution in [-0.4, -0.2) is 24.5 Å². The lowest BCUT2D eigenvalue weighted by Gasteiger charge is -2.25. The van der Waals surface area contributed by atoms with Crippen molar-refractivity contribution in [3.05, 3.63) is 35.9 Å². The summed E-state index contributed by atoms with van der Waals surface area (Å²) in [5.41, 5.74) is 5.41. The normalized spacial score (nSPS) is 12.7. The Balaban J connectivity index is 2.75. The highest BCUT2D eigenvalue weighted by Crippen LogP contribution is 2.12. The number of benzene rings is 1. The first kappa shape index (κ1) is 14.2. The van der Waals surface area contributed by atoms with Gasteiger partial charge in [0.25, 0.3) is 0 Å². The Morgan fingerprint density at radius 2 is 1.83 bits per heavy atom. The zero-order valence-electron chi connectivity index (χ0n) is 10.8. The Labute approximate surface area is 106 Å². The molecule has 0 heterocycles. The van der Waals surface area contributed by atoms with Gasteiger partial charge in [0.15, 0.2) is 0 Å². The molecule has 5 heteroatoms. The summed E-state index contributed by atoms with van der Waals surface area (Å²) in [6.45, 7) is 3.13. The molecule has 0 aliphatic carbocycles. The second-order valence-corrected chi connectivity index (χ2v) is 4.49. The van der Waals surface area contributed by atoms with E-state index >= 15 is 0 Å². The minimum absolute atomic E-state index is 0.420. The molecule has 18 heavy (non-hydrogen) atoms. The molecule has 0 aliphatic rings. The van der Waals surface area contributed by atoms with E-state index in [-0.39, 0.29) is 0 Å². The highest BCUT2D eigenvalue weighted by Gasteiger charge is 2.32. The molecule has 0 aliphatic heterocycles. The molecule has 3 N–H and O–H groups in total. The Hall–Kier alpha value is -1.88. The van der Waals surface area contributed by atoms with Crippen LogP contribution >= 0.6 is 0 Å². The van der Waals surface area contributed by atoms with E-state index in [2.05, 4.69) is 10.1 Å². The first-order chi connectivity index (χ1) is 8.38. The second-order valence-electron chi connectivity index (χ2n) is 4.49. The third kappa shape index (κ3) is 3.30. The maximum atomic E-state index is 11.9. The fourth-order valence-electron chi connectivity index (χ4n) is 1.50. The van der Waals surface area contributed by atoms with E-state index in [4.69, 9.17) is 5.73 Å². The lowest BCUT2D eigenvalue weighted by molar-refractivity contribution is -0.149. The summed E-state index contributed by atoms with van der Waals surface area (Å²) in [4.78, 5) is 23.4. The SMILES string of the molecule is COC(=O)C(C)(C)NC(=O)C(N)c1ccccc1. The molecule has 1 rings (SSSR count). The first-order valence-corrected chi connectivity index (χ1v) is 5.59. The van der Waals surface area contributed by atoms with Crippen LogP contribution in [0.1, 0.15) is 25.5 Å². The van der Waals surface area contributed by atoms with Gasteiger partial charge in [-0.3, -0.25) is 4.79 Å². The Morgan fingerprint density at radius 3 is 2.33 bits per heavy atom. The fraction of sp³-hybridized carbons (Fsp3) is 0.385. The van der Waals surface area contributed by atoms with Crippen LogP contribution in [0.25, 0.3) is 0 Å². The summed E-state index contributed by atoms with van der Waals surface area (Å²) in [7, 11) is 1.27. The van der Waals surface area contributed by atoms with E-state index < -0.39 is 23.5 Å². The molecule has 0 saturated heterocycles. The molecule has 0 fully saturated rings. The van der Waals surface area contributed by atoms with Gasteiger partial charge in [0.2, 0.25) is 5.91 Å². The van der Waals surface area contributed by atoms with Crippen LogP contribution in [0, 0.1) is 0 Å². The largest absolute Gasteiger partial charge is 0.467 e. The van der Waals surface area contributed by atoms with Crippen molar-refractivity contribution >= 4 is 11.9 Å². The number of ether oxygens (including phenoxy) is 1. The van der Waals surface area contributed by atoms with Gasteiger partial charge in [-0.2, -0.15) is 0 Å². The Morgan fingerprint density at radius 1 is 1.28 bits per heavy atom. The van der Waals surface area contributed by atoms with Crippen molar-refractivity contribution in [3.63, 3.8) is 0 Å². The minimum atomic E-state index is -1.10. The number of hydrogen-bond acceptors (Lipinski definition) is 4. The summed E-state index contributed by atoms with van der Waals surface area (Å²) in [5, 5.41) is 2.57. The second kappa shape index (κ2) is 5.64. The first-order valence-electron chi connectivity index (χ1n) is 5.59. The van der Waals surface area contributed by atoms with Gasteiger partial charge < -0.3 is 15.8 Å². The van der Waals surface area contributed by atoms with Gasteiger partial charge in [0.1, 0.15) is 11.6 Å². The Bertz CT molecular complexity index is 429. The summed E-state index contributed by atoms with van der Waals surface area (Å²) in [5.74, 6) is -0.937. The van der Waals surface area contributed by atoms with Gasteiger partial charge >= 0.3 is 5.97 Å². The molecule has 1 aromatic rings. The van der Waals surface area contributed by atoms with Gasteiger partial charge in [-0.1, -0.05) is 30.3 Å². The van der Waals surface area contributed by atoms with Crippen LogP contribution in [-0.2, 0) is 14.3 Å². The van der Waals surface area contributed by atoms with Crippen molar-refractivity contribution in [3.8, 4) is 0 Å². The summed E-state index contributed by atoms with van der Waals surface area (Å²) in [6.07, 6.45) is 0. The molecule has 0 saturated carbocycles. The van der Waals surface area contributed by atoms with E-state index in [1.54, 1.807) is 38.1 Å². The molecule has 0 spiro atoms. The van der Waals surface area contributed by atoms with E-state index in [0.29, 0.717) is 5.56 Å². The van der Waals surface area contributed by atoms with Crippen LogP contribution in [0.5, 0.6) is 0 Å². The quantitative estimate of drug-likeness (QED) is 0.773. The number of methoxy groups -OCH3 is 1. The average Bonchev–Trinajstić information content (AvgIpc) is 2.37. The van der Waals surface area contributed by atoms with Crippen molar-refractivity contribution in [1.29, 1.82) is 0 Å². The standard InChI is InChI=1S/C13H18N2O3/c1-13(2,12(17)18-3)15-11(16)10(14)9-7-5-4-6-8-9/h4-8,10H,14H2,1-3H3,(H,15,16). The summed E-state index contributed by atoms with van der Waals surface area (Å²) >= 11 is 0. The summed E-state index contributed by atoms with van der Waals surface area (Å²) < 4.78 is 4.61. The number of nitrogens with two attached hydrogens (primary N) is 1. The summed E-state index contributed by atoms with van der Waals surface area (Å²) in [6, 6.07) is 8.15. The number of rotatable bonds is 4. The van der Waals surface area contributed by atoms with Crippen LogP contribution in [0.2, 0.25) is 0 Å². The highest BCUT2D eigenvalue weighted by molar-refractivity contribution is 5.90. The number of amides is 1. The topological polar surface area (TPSA) is 81.4 Å². The minimum Gasteiger partial charge on any atom is -0.467 e. The maximum Gasteiger partial charge on any atom is 0.330 e. The molecule has 0 aromatic heterocycles. The fourth-order valence-corrected chi connectivity index (χ4v) is 1.50. The van der Waals surface area contributed by atoms with Crippen molar-refractivity contribution in [2.45, 2.75) is 25.4 Å². The molecule has 1 unspecified atom stereocenters. The molecule has 0 bridgehead atoms. The third-order valence-electron chi connectivity index (χ3n) is 2.57. The molecule has 1 amide bonds. The van der Waals surface area contributed by atoms with E-state index in [0.717, 1.165) is 0 Å². The predicted molar refractivity (Wildman–Crippen MR) is 67.6 cm³/mol. The van der Waals surface area contributed by atoms with Crippen LogP contribution in [0.15, 0.2) is 30.3 Å². The smallest absolute Gasteiger partial charge is 0.330 e. The Kier molecular flexibility index (Phi) is 4.44. The number of carbonyl (C=O) groups excluding carboxylic acids is 2. The van der Waals surface area contributed by atoms with Gasteiger partial charge in [-0.15, -0.1) is 0 Å². The molecule has 0 radical (unpaired) electrons. The van der Waals surface area contributed by atoms with Gasteiger partial charge in [0, 0.05) is 0 Å². The lowest BCUT2D eigenvalue weighted by atomic mass is 10.0. The predicted octanol–water partition coefficient (Wildman–Crippen LogP) is 0.754. The zero-order chi connectivity index (χ0) is 13.8.